The maximum absolute atomic E-state index is 12.9. The maximum atomic E-state index is 12.9. The molecular weight excluding hydrogens is 971 g/mol. The van der Waals surface area contributed by atoms with Gasteiger partial charge in [0.2, 0.25) is 0 Å². The summed E-state index contributed by atoms with van der Waals surface area (Å²) in [6, 6.07) is 0. The average Bonchev–Trinajstić information content (AvgIpc) is 3.41. The first-order chi connectivity index (χ1) is 38.1. The van der Waals surface area contributed by atoms with Crippen LogP contribution in [0, 0.1) is 0 Å². The van der Waals surface area contributed by atoms with Crippen molar-refractivity contribution in [1.29, 1.82) is 0 Å². The number of carbonyl (C=O) groups is 3. The second-order valence-corrected chi connectivity index (χ2v) is 24.1. The summed E-state index contributed by atoms with van der Waals surface area (Å²) in [7, 11) is 5.98. The maximum Gasteiger partial charge on any atom is 0.361 e. The van der Waals surface area contributed by atoms with Crippen LogP contribution in [0.25, 0.3) is 0 Å². The Morgan fingerprint density at radius 2 is 0.692 bits per heavy atom. The summed E-state index contributed by atoms with van der Waals surface area (Å²) in [6.45, 7) is 4.90. The number of ether oxygens (including phenoxy) is 4. The van der Waals surface area contributed by atoms with Crippen molar-refractivity contribution in [2.75, 3.05) is 47.5 Å². The zero-order chi connectivity index (χ0) is 56.9. The molecule has 0 heterocycles. The number of unbranched alkanes of at least 4 members (excludes halogenated alkanes) is 42. The van der Waals surface area contributed by atoms with Crippen LogP contribution in [0.5, 0.6) is 0 Å². The number of carboxylic acid groups (broad SMARTS) is 1. The first-order valence-corrected chi connectivity index (χ1v) is 33.7. The Balaban J connectivity index is 4.08. The van der Waals surface area contributed by atoms with E-state index in [1.54, 1.807) is 0 Å². The first-order valence-electron chi connectivity index (χ1n) is 33.7. The van der Waals surface area contributed by atoms with E-state index in [0.717, 1.165) is 57.8 Å². The van der Waals surface area contributed by atoms with Crippen LogP contribution in [0.1, 0.15) is 328 Å². The molecule has 0 bridgehead atoms. The highest BCUT2D eigenvalue weighted by Crippen LogP contribution is 2.18. The van der Waals surface area contributed by atoms with E-state index in [1.165, 1.54) is 238 Å². The molecule has 0 aliphatic rings. The van der Waals surface area contributed by atoms with Gasteiger partial charge in [0.25, 0.3) is 6.29 Å². The number of allylic oxidation sites excluding steroid dienone is 6. The third-order valence-corrected chi connectivity index (χ3v) is 15.1. The van der Waals surface area contributed by atoms with Crippen molar-refractivity contribution in [2.24, 2.45) is 0 Å². The highest BCUT2D eigenvalue weighted by molar-refractivity contribution is 5.71. The van der Waals surface area contributed by atoms with Gasteiger partial charge in [-0.15, -0.1) is 0 Å². The van der Waals surface area contributed by atoms with Gasteiger partial charge >= 0.3 is 17.9 Å². The van der Waals surface area contributed by atoms with Crippen molar-refractivity contribution in [2.45, 2.75) is 341 Å². The van der Waals surface area contributed by atoms with Crippen LogP contribution in [0.3, 0.4) is 0 Å². The number of aliphatic carboxylic acids is 1. The highest BCUT2D eigenvalue weighted by Gasteiger charge is 2.25. The first kappa shape index (κ1) is 75.5. The van der Waals surface area contributed by atoms with E-state index in [4.69, 9.17) is 18.9 Å². The third kappa shape index (κ3) is 61.1. The number of rotatable bonds is 63. The lowest BCUT2D eigenvalue weighted by Crippen LogP contribution is -2.40. The van der Waals surface area contributed by atoms with Crippen molar-refractivity contribution in [3.8, 4) is 0 Å². The summed E-state index contributed by atoms with van der Waals surface area (Å²) >= 11 is 0. The molecule has 0 radical (unpaired) electrons. The van der Waals surface area contributed by atoms with Crippen LogP contribution in [0.2, 0.25) is 0 Å². The van der Waals surface area contributed by atoms with Gasteiger partial charge in [0, 0.05) is 12.8 Å². The summed E-state index contributed by atoms with van der Waals surface area (Å²) in [4.78, 5) is 37.5. The molecule has 0 aliphatic heterocycles. The second-order valence-electron chi connectivity index (χ2n) is 24.1. The van der Waals surface area contributed by atoms with Gasteiger partial charge in [-0.25, -0.2) is 4.79 Å². The Labute approximate surface area is 483 Å². The molecule has 0 saturated heterocycles. The molecule has 2 atom stereocenters. The molecule has 2 unspecified atom stereocenters. The van der Waals surface area contributed by atoms with Crippen molar-refractivity contribution in [3.05, 3.63) is 36.5 Å². The number of carboxylic acids is 1. The topological polar surface area (TPSA) is 108 Å². The fraction of sp³-hybridized carbons (Fsp3) is 0.870. The molecule has 0 fully saturated rings. The minimum atomic E-state index is -1.51. The van der Waals surface area contributed by atoms with Crippen LogP contribution in [-0.4, -0.2) is 87.4 Å². The van der Waals surface area contributed by atoms with E-state index in [-0.39, 0.29) is 32.2 Å². The smallest absolute Gasteiger partial charge is 0.361 e. The largest absolute Gasteiger partial charge is 0.477 e. The van der Waals surface area contributed by atoms with E-state index in [9.17, 15) is 19.5 Å². The number of esters is 2. The minimum absolute atomic E-state index is 0.184. The van der Waals surface area contributed by atoms with Gasteiger partial charge in [-0.1, -0.05) is 301 Å². The Bertz CT molecular complexity index is 1370. The Morgan fingerprint density at radius 1 is 0.385 bits per heavy atom. The van der Waals surface area contributed by atoms with Crippen molar-refractivity contribution in [1.82, 2.24) is 0 Å². The molecule has 0 aromatic rings. The second kappa shape index (κ2) is 60.6. The number of hydrogen-bond donors (Lipinski definition) is 1. The Kier molecular flexibility index (Phi) is 58.7. The van der Waals surface area contributed by atoms with Crippen molar-refractivity contribution < 1.29 is 42.9 Å². The van der Waals surface area contributed by atoms with E-state index in [1.807, 2.05) is 21.1 Å². The quantitative estimate of drug-likeness (QED) is 0.0211. The molecule has 9 heteroatoms. The fourth-order valence-electron chi connectivity index (χ4n) is 9.97. The summed E-state index contributed by atoms with van der Waals surface area (Å²) < 4.78 is 22.9. The normalized spacial score (nSPS) is 12.9. The highest BCUT2D eigenvalue weighted by atomic mass is 16.7. The zero-order valence-corrected chi connectivity index (χ0v) is 52.3. The van der Waals surface area contributed by atoms with E-state index >= 15 is 0 Å². The van der Waals surface area contributed by atoms with Crippen LogP contribution in [0.4, 0.5) is 0 Å². The van der Waals surface area contributed by atoms with Crippen LogP contribution >= 0.6 is 0 Å². The van der Waals surface area contributed by atoms with Crippen LogP contribution < -0.4 is 0 Å². The summed E-state index contributed by atoms with van der Waals surface area (Å²) in [6.07, 6.45) is 72.6. The predicted octanol–water partition coefficient (Wildman–Crippen LogP) is 20.4. The third-order valence-electron chi connectivity index (χ3n) is 15.1. The molecule has 0 rings (SSSR count). The molecule has 0 aliphatic carbocycles. The lowest BCUT2D eigenvalue weighted by molar-refractivity contribution is -0.870. The van der Waals surface area contributed by atoms with E-state index in [0.29, 0.717) is 23.9 Å². The predicted molar refractivity (Wildman–Crippen MR) is 332 cm³/mol. The van der Waals surface area contributed by atoms with Gasteiger partial charge in [0.1, 0.15) is 13.2 Å². The molecule has 1 N–H and O–H groups in total. The minimum Gasteiger partial charge on any atom is -0.477 e. The summed E-state index contributed by atoms with van der Waals surface area (Å²) in [5.41, 5.74) is 0. The number of hydrogen-bond acceptors (Lipinski definition) is 7. The van der Waals surface area contributed by atoms with E-state index in [2.05, 4.69) is 50.3 Å². The Morgan fingerprint density at radius 3 is 1.03 bits per heavy atom. The summed E-state index contributed by atoms with van der Waals surface area (Å²) in [5, 5.41) is 9.73. The number of quaternary nitrogens is 1. The molecule has 0 saturated carbocycles. The van der Waals surface area contributed by atoms with Gasteiger partial charge in [-0.05, 0) is 51.4 Å². The fourth-order valence-corrected chi connectivity index (χ4v) is 9.97. The molecule has 458 valence electrons. The van der Waals surface area contributed by atoms with Crippen LogP contribution in [-0.2, 0) is 33.3 Å². The Hall–Kier alpha value is -2.49. The van der Waals surface area contributed by atoms with E-state index < -0.39 is 24.3 Å². The molecule has 0 aromatic heterocycles. The van der Waals surface area contributed by atoms with Gasteiger partial charge in [0.05, 0.1) is 34.4 Å². The molecule has 78 heavy (non-hydrogen) atoms. The lowest BCUT2D eigenvalue weighted by atomic mass is 10.0. The SMILES string of the molecule is CCCCCCC/C=C\C/C=C\C/C=C\CCCCCCCCC(=O)OC(COC(=O)CCCCCCCCCCCCCCCCCCCCCCCCCCCCCCCCCC)COC(OCC[N+](C)(C)C)C(=O)O. The van der Waals surface area contributed by atoms with Gasteiger partial charge in [-0.3, -0.25) is 9.59 Å². The summed E-state index contributed by atoms with van der Waals surface area (Å²) in [5.74, 6) is -2.00. The lowest BCUT2D eigenvalue weighted by Gasteiger charge is -2.25. The molecule has 9 nitrogen and oxygen atoms in total. The zero-order valence-electron chi connectivity index (χ0n) is 52.3. The van der Waals surface area contributed by atoms with Crippen molar-refractivity contribution in [3.63, 3.8) is 0 Å². The van der Waals surface area contributed by atoms with Gasteiger partial charge in [0.15, 0.2) is 6.10 Å². The molecule has 0 spiro atoms. The van der Waals surface area contributed by atoms with Crippen molar-refractivity contribution >= 4 is 17.9 Å². The van der Waals surface area contributed by atoms with Crippen LogP contribution in [0.15, 0.2) is 36.5 Å². The molecule has 0 aromatic carbocycles. The molecule has 0 amide bonds. The number of carbonyl (C=O) groups excluding carboxylic acids is 2. The number of nitrogens with zero attached hydrogens (tertiary/aromatic N) is 1. The average molecular weight is 1100 g/mol. The number of likely N-dealkylation sites (N-methyl/N-ethyl adjacent to an activating group) is 1. The monoisotopic (exact) mass is 1100 g/mol. The van der Waals surface area contributed by atoms with Gasteiger partial charge in [-0.2, -0.15) is 0 Å². The standard InChI is InChI=1S/C69H129NO8/c1-6-8-10-12-14-16-18-20-22-24-26-28-29-30-31-32-33-34-35-36-37-38-40-41-43-45-47-49-51-53-55-57-59-66(71)76-63-65(64-77-69(68(73)74)75-62-61-70(3,4)5)78-67(72)60-58-56-54-52-50-48-46-44-42-39-27-25-23-21-19-17-15-13-11-9-7-2/h19,21,25,27,42,44,65,69H,6-18,20,22-24,26,28-41,43,45-64H2,1-5H3/p+1/b21-19-,27-25-,44-42-. The van der Waals surface area contributed by atoms with Gasteiger partial charge < -0.3 is 28.5 Å². The molecular formula is C69H130NO8+.